The third kappa shape index (κ3) is 5.44. The van der Waals surface area contributed by atoms with E-state index in [9.17, 15) is 14.7 Å². The van der Waals surface area contributed by atoms with E-state index < -0.39 is 11.4 Å². The van der Waals surface area contributed by atoms with Crippen molar-refractivity contribution in [1.82, 2.24) is 4.90 Å². The van der Waals surface area contributed by atoms with Crippen LogP contribution >= 0.6 is 11.6 Å². The summed E-state index contributed by atoms with van der Waals surface area (Å²) in [6.07, 6.45) is 3.59. The van der Waals surface area contributed by atoms with Gasteiger partial charge in [0.05, 0.1) is 5.41 Å². The molecule has 1 heterocycles. The third-order valence-electron chi connectivity index (χ3n) is 4.93. The SMILES string of the molecule is COCCCC1(C(=O)O)CCCN(C(=O)CCc2ccc(Cl)cc2)C1. The molecule has 0 aromatic heterocycles. The Kier molecular flexibility index (Phi) is 7.26. The lowest BCUT2D eigenvalue weighted by atomic mass is 9.76. The number of hydrogen-bond acceptors (Lipinski definition) is 3. The first-order chi connectivity index (χ1) is 12.0. The fourth-order valence-corrected chi connectivity index (χ4v) is 3.57. The monoisotopic (exact) mass is 367 g/mol. The van der Waals surface area contributed by atoms with Crippen LogP contribution in [0.15, 0.2) is 24.3 Å². The fraction of sp³-hybridized carbons (Fsp3) is 0.579. The zero-order valence-corrected chi connectivity index (χ0v) is 15.4. The fourth-order valence-electron chi connectivity index (χ4n) is 3.45. The molecule has 0 spiro atoms. The molecule has 1 fully saturated rings. The Morgan fingerprint density at radius 3 is 2.68 bits per heavy atom. The Hall–Kier alpha value is -1.59. The first-order valence-electron chi connectivity index (χ1n) is 8.71. The first kappa shape index (κ1) is 19.7. The number of rotatable bonds is 8. The number of methoxy groups -OCH3 is 1. The summed E-state index contributed by atoms with van der Waals surface area (Å²) in [7, 11) is 1.61. The number of carboxylic acid groups (broad SMARTS) is 1. The number of ether oxygens (including phenoxy) is 1. The van der Waals surface area contributed by atoms with Crippen molar-refractivity contribution in [3.05, 3.63) is 34.9 Å². The average molecular weight is 368 g/mol. The highest BCUT2D eigenvalue weighted by molar-refractivity contribution is 6.30. The van der Waals surface area contributed by atoms with Gasteiger partial charge in [-0.3, -0.25) is 9.59 Å². The first-order valence-corrected chi connectivity index (χ1v) is 9.09. The van der Waals surface area contributed by atoms with E-state index in [2.05, 4.69) is 0 Å². The highest BCUT2D eigenvalue weighted by atomic mass is 35.5. The Balaban J connectivity index is 1.94. The van der Waals surface area contributed by atoms with Crippen molar-refractivity contribution in [2.75, 3.05) is 26.8 Å². The van der Waals surface area contributed by atoms with E-state index in [-0.39, 0.29) is 5.91 Å². The topological polar surface area (TPSA) is 66.8 Å². The van der Waals surface area contributed by atoms with Crippen LogP contribution in [0.3, 0.4) is 0 Å². The summed E-state index contributed by atoms with van der Waals surface area (Å²) in [6.45, 7) is 1.48. The maximum absolute atomic E-state index is 12.6. The molecule has 0 aliphatic carbocycles. The number of carbonyl (C=O) groups is 2. The number of likely N-dealkylation sites (tertiary alicyclic amines) is 1. The minimum atomic E-state index is -0.841. The molecular weight excluding hydrogens is 342 g/mol. The number of aryl methyl sites for hydroxylation is 1. The zero-order chi connectivity index (χ0) is 18.3. The molecule has 1 aliphatic heterocycles. The predicted molar refractivity (Wildman–Crippen MR) is 96.8 cm³/mol. The van der Waals surface area contributed by atoms with Crippen molar-refractivity contribution >= 4 is 23.5 Å². The molecule has 0 bridgehead atoms. The normalized spacial score (nSPS) is 20.5. The van der Waals surface area contributed by atoms with Gasteiger partial charge >= 0.3 is 5.97 Å². The van der Waals surface area contributed by atoms with Crippen LogP contribution in [-0.2, 0) is 20.7 Å². The third-order valence-corrected chi connectivity index (χ3v) is 5.18. The second-order valence-electron chi connectivity index (χ2n) is 6.73. The van der Waals surface area contributed by atoms with Crippen LogP contribution in [0.5, 0.6) is 0 Å². The highest BCUT2D eigenvalue weighted by Crippen LogP contribution is 2.35. The number of amides is 1. The predicted octanol–water partition coefficient (Wildman–Crippen LogP) is 3.39. The Morgan fingerprint density at radius 1 is 1.32 bits per heavy atom. The molecule has 6 heteroatoms. The number of piperidine rings is 1. The average Bonchev–Trinajstić information content (AvgIpc) is 2.61. The standard InChI is InChI=1S/C19H26ClNO4/c1-25-13-3-11-19(18(23)24)10-2-12-21(14-19)17(22)9-6-15-4-7-16(20)8-5-15/h4-5,7-8H,2-3,6,9-14H2,1H3,(H,23,24). The van der Waals surface area contributed by atoms with Gasteiger partial charge in [-0.2, -0.15) is 0 Å². The number of hydrogen-bond donors (Lipinski definition) is 1. The Labute approximate surface area is 153 Å². The van der Waals surface area contributed by atoms with Gasteiger partial charge in [0.25, 0.3) is 0 Å². The van der Waals surface area contributed by atoms with Gasteiger partial charge in [0, 0.05) is 38.2 Å². The maximum Gasteiger partial charge on any atom is 0.311 e. The van der Waals surface area contributed by atoms with Gasteiger partial charge in [0.2, 0.25) is 5.91 Å². The van der Waals surface area contributed by atoms with Crippen molar-refractivity contribution in [3.63, 3.8) is 0 Å². The summed E-state index contributed by atoms with van der Waals surface area (Å²) in [5, 5.41) is 10.4. The Bertz CT molecular complexity index is 590. The molecule has 5 nitrogen and oxygen atoms in total. The molecule has 25 heavy (non-hydrogen) atoms. The lowest BCUT2D eigenvalue weighted by Gasteiger charge is -2.40. The van der Waals surface area contributed by atoms with E-state index >= 15 is 0 Å². The number of carbonyl (C=O) groups excluding carboxylic acids is 1. The van der Waals surface area contributed by atoms with Crippen LogP contribution in [0.4, 0.5) is 0 Å². The lowest BCUT2D eigenvalue weighted by Crippen LogP contribution is -2.50. The summed E-state index contributed by atoms with van der Waals surface area (Å²) in [4.78, 5) is 26.1. The van der Waals surface area contributed by atoms with Crippen LogP contribution in [0.1, 0.15) is 37.7 Å². The van der Waals surface area contributed by atoms with Crippen molar-refractivity contribution in [1.29, 1.82) is 0 Å². The minimum absolute atomic E-state index is 0.0204. The van der Waals surface area contributed by atoms with Crippen molar-refractivity contribution in [2.24, 2.45) is 5.41 Å². The van der Waals surface area contributed by atoms with Crippen molar-refractivity contribution < 1.29 is 19.4 Å². The molecule has 1 unspecified atom stereocenters. The molecule has 1 N–H and O–H groups in total. The highest BCUT2D eigenvalue weighted by Gasteiger charge is 2.42. The molecule has 1 saturated heterocycles. The van der Waals surface area contributed by atoms with Crippen LogP contribution in [0.2, 0.25) is 5.02 Å². The van der Waals surface area contributed by atoms with E-state index in [1.807, 2.05) is 24.3 Å². The number of benzene rings is 1. The van der Waals surface area contributed by atoms with Gasteiger partial charge in [-0.05, 0) is 49.8 Å². The summed E-state index contributed by atoms with van der Waals surface area (Å²) < 4.78 is 5.04. The summed E-state index contributed by atoms with van der Waals surface area (Å²) in [5.41, 5.74) is 0.214. The molecule has 0 saturated carbocycles. The van der Waals surface area contributed by atoms with Crippen LogP contribution < -0.4 is 0 Å². The van der Waals surface area contributed by atoms with Gasteiger partial charge in [-0.15, -0.1) is 0 Å². The summed E-state index contributed by atoms with van der Waals surface area (Å²) in [6, 6.07) is 7.46. The second-order valence-corrected chi connectivity index (χ2v) is 7.16. The molecule has 138 valence electrons. The zero-order valence-electron chi connectivity index (χ0n) is 14.7. The molecular formula is C19H26ClNO4. The van der Waals surface area contributed by atoms with Crippen LogP contribution in [0, 0.1) is 5.41 Å². The van der Waals surface area contributed by atoms with Gasteiger partial charge in [0.1, 0.15) is 0 Å². The number of carboxylic acids is 1. The molecule has 1 aromatic carbocycles. The lowest BCUT2D eigenvalue weighted by molar-refractivity contribution is -0.155. The van der Waals surface area contributed by atoms with E-state index in [0.29, 0.717) is 56.8 Å². The van der Waals surface area contributed by atoms with E-state index in [0.717, 1.165) is 12.0 Å². The molecule has 1 aliphatic rings. The molecule has 1 atom stereocenters. The van der Waals surface area contributed by atoms with Crippen molar-refractivity contribution in [3.8, 4) is 0 Å². The molecule has 1 aromatic rings. The quantitative estimate of drug-likeness (QED) is 0.715. The molecule has 2 rings (SSSR count). The minimum Gasteiger partial charge on any atom is -0.481 e. The number of halogens is 1. The van der Waals surface area contributed by atoms with Crippen LogP contribution in [-0.4, -0.2) is 48.7 Å². The Morgan fingerprint density at radius 2 is 2.04 bits per heavy atom. The van der Waals surface area contributed by atoms with E-state index in [1.54, 1.807) is 12.0 Å². The van der Waals surface area contributed by atoms with Gasteiger partial charge < -0.3 is 14.7 Å². The van der Waals surface area contributed by atoms with Crippen molar-refractivity contribution in [2.45, 2.75) is 38.5 Å². The second kappa shape index (κ2) is 9.20. The number of aliphatic carboxylic acids is 1. The van der Waals surface area contributed by atoms with Gasteiger partial charge in [-0.25, -0.2) is 0 Å². The van der Waals surface area contributed by atoms with E-state index in [1.165, 1.54) is 0 Å². The van der Waals surface area contributed by atoms with E-state index in [4.69, 9.17) is 16.3 Å². The number of nitrogens with zero attached hydrogens (tertiary/aromatic N) is 1. The summed E-state index contributed by atoms with van der Waals surface area (Å²) >= 11 is 5.87. The van der Waals surface area contributed by atoms with Gasteiger partial charge in [0.15, 0.2) is 0 Å². The molecule has 0 radical (unpaired) electrons. The molecule has 1 amide bonds. The van der Waals surface area contributed by atoms with Crippen LogP contribution in [0.25, 0.3) is 0 Å². The summed E-state index contributed by atoms with van der Waals surface area (Å²) in [5.74, 6) is -0.786. The largest absolute Gasteiger partial charge is 0.481 e. The van der Waals surface area contributed by atoms with Gasteiger partial charge in [-0.1, -0.05) is 23.7 Å². The smallest absolute Gasteiger partial charge is 0.311 e. The maximum atomic E-state index is 12.6.